The van der Waals surface area contributed by atoms with E-state index in [2.05, 4.69) is 0 Å². The summed E-state index contributed by atoms with van der Waals surface area (Å²) in [6, 6.07) is 12.1. The van der Waals surface area contributed by atoms with Gasteiger partial charge in [0.25, 0.3) is 0 Å². The Balaban J connectivity index is 2.11. The number of aliphatic hydroxyl groups is 1. The van der Waals surface area contributed by atoms with E-state index in [-0.39, 0.29) is 12.2 Å². The monoisotopic (exact) mass is 278 g/mol. The van der Waals surface area contributed by atoms with E-state index in [0.29, 0.717) is 16.1 Å². The summed E-state index contributed by atoms with van der Waals surface area (Å²) in [5.41, 5.74) is 0.882. The van der Waals surface area contributed by atoms with Crippen molar-refractivity contribution in [1.82, 2.24) is 0 Å². The number of carbonyl (C=O) groups excluding carboxylic acids is 1. The molecule has 2 rings (SSSR count). The first-order chi connectivity index (χ1) is 9.08. The number of Topliss-reactive ketones (excluding diaryl/α,β-unsaturated/α-hetero) is 1. The van der Waals surface area contributed by atoms with E-state index in [0.717, 1.165) is 0 Å². The first-order valence-corrected chi connectivity index (χ1v) is 6.17. The quantitative estimate of drug-likeness (QED) is 0.864. The molecule has 0 spiro atoms. The lowest BCUT2D eigenvalue weighted by atomic mass is 10.0. The predicted molar refractivity (Wildman–Crippen MR) is 71.8 cm³/mol. The number of rotatable bonds is 4. The fourth-order valence-corrected chi connectivity index (χ4v) is 2.05. The van der Waals surface area contributed by atoms with Gasteiger partial charge < -0.3 is 5.11 Å². The van der Waals surface area contributed by atoms with E-state index < -0.39 is 11.9 Å². The Morgan fingerprint density at radius 3 is 2.42 bits per heavy atom. The van der Waals surface area contributed by atoms with Crippen molar-refractivity contribution in [2.45, 2.75) is 12.5 Å². The maximum atomic E-state index is 12.8. The molecule has 2 aromatic carbocycles. The van der Waals surface area contributed by atoms with E-state index in [1.54, 1.807) is 24.3 Å². The highest BCUT2D eigenvalue weighted by atomic mass is 35.5. The van der Waals surface area contributed by atoms with Gasteiger partial charge in [-0.05, 0) is 35.9 Å². The molecule has 0 saturated carbocycles. The molecule has 0 aliphatic heterocycles. The van der Waals surface area contributed by atoms with Crippen LogP contribution in [0.4, 0.5) is 4.39 Å². The van der Waals surface area contributed by atoms with Crippen molar-refractivity contribution in [1.29, 1.82) is 0 Å². The molecule has 0 bridgehead atoms. The number of carbonyl (C=O) groups is 1. The fraction of sp³-hybridized carbons (Fsp3) is 0.133. The van der Waals surface area contributed by atoms with Gasteiger partial charge in [0.15, 0.2) is 5.78 Å². The van der Waals surface area contributed by atoms with Crippen LogP contribution in [-0.4, -0.2) is 10.9 Å². The first kappa shape index (κ1) is 13.7. The zero-order chi connectivity index (χ0) is 13.8. The Bertz CT molecular complexity index is 581. The number of halogens is 2. The lowest BCUT2D eigenvalue weighted by Crippen LogP contribution is -2.07. The first-order valence-electron chi connectivity index (χ1n) is 5.79. The minimum absolute atomic E-state index is 0.0879. The van der Waals surface area contributed by atoms with Crippen molar-refractivity contribution in [3.8, 4) is 0 Å². The molecule has 1 atom stereocenters. The molecular weight excluding hydrogens is 267 g/mol. The number of ketones is 1. The molecule has 0 amide bonds. The van der Waals surface area contributed by atoms with Crippen LogP contribution in [0.1, 0.15) is 28.4 Å². The van der Waals surface area contributed by atoms with Crippen molar-refractivity contribution in [3.05, 3.63) is 70.5 Å². The molecule has 0 aliphatic rings. The molecule has 1 unspecified atom stereocenters. The molecule has 0 heterocycles. The zero-order valence-corrected chi connectivity index (χ0v) is 10.8. The van der Waals surface area contributed by atoms with Gasteiger partial charge in [0, 0.05) is 17.0 Å². The molecule has 4 heteroatoms. The van der Waals surface area contributed by atoms with Crippen LogP contribution in [0.2, 0.25) is 5.02 Å². The van der Waals surface area contributed by atoms with Crippen LogP contribution in [0.3, 0.4) is 0 Å². The normalized spacial score (nSPS) is 12.2. The van der Waals surface area contributed by atoms with Gasteiger partial charge in [-0.15, -0.1) is 0 Å². The van der Waals surface area contributed by atoms with Crippen molar-refractivity contribution in [3.63, 3.8) is 0 Å². The van der Waals surface area contributed by atoms with Crippen molar-refractivity contribution >= 4 is 17.4 Å². The average Bonchev–Trinajstić information content (AvgIpc) is 2.39. The van der Waals surface area contributed by atoms with E-state index in [9.17, 15) is 14.3 Å². The molecule has 0 radical (unpaired) electrons. The van der Waals surface area contributed by atoms with Gasteiger partial charge in [0.05, 0.1) is 6.10 Å². The van der Waals surface area contributed by atoms with Gasteiger partial charge in [0.2, 0.25) is 0 Å². The molecule has 2 aromatic rings. The third-order valence-electron chi connectivity index (χ3n) is 2.81. The second kappa shape index (κ2) is 5.95. The Morgan fingerprint density at radius 2 is 1.79 bits per heavy atom. The Morgan fingerprint density at radius 1 is 1.16 bits per heavy atom. The highest BCUT2D eigenvalue weighted by molar-refractivity contribution is 6.31. The average molecular weight is 279 g/mol. The van der Waals surface area contributed by atoms with E-state index in [1.165, 1.54) is 24.3 Å². The number of hydrogen-bond donors (Lipinski definition) is 1. The molecular formula is C15H12ClFO2. The molecule has 0 saturated heterocycles. The summed E-state index contributed by atoms with van der Waals surface area (Å²) < 4.78 is 12.8. The van der Waals surface area contributed by atoms with Crippen LogP contribution >= 0.6 is 11.6 Å². The Labute approximate surface area is 115 Å². The summed E-state index contributed by atoms with van der Waals surface area (Å²) in [7, 11) is 0. The van der Waals surface area contributed by atoms with Crippen LogP contribution in [0.5, 0.6) is 0 Å². The third kappa shape index (κ3) is 3.40. The summed E-state index contributed by atoms with van der Waals surface area (Å²) in [4.78, 5) is 11.9. The Kier molecular flexibility index (Phi) is 4.30. The number of benzene rings is 2. The third-order valence-corrected chi connectivity index (χ3v) is 3.15. The summed E-state index contributed by atoms with van der Waals surface area (Å²) in [5.74, 6) is -0.657. The topological polar surface area (TPSA) is 37.3 Å². The molecule has 0 aliphatic carbocycles. The number of aliphatic hydroxyl groups excluding tert-OH is 1. The van der Waals surface area contributed by atoms with Gasteiger partial charge >= 0.3 is 0 Å². The van der Waals surface area contributed by atoms with Gasteiger partial charge in [0.1, 0.15) is 5.82 Å². The van der Waals surface area contributed by atoms with Crippen molar-refractivity contribution in [2.24, 2.45) is 0 Å². The van der Waals surface area contributed by atoms with Gasteiger partial charge in [-0.1, -0.05) is 29.8 Å². The minimum Gasteiger partial charge on any atom is -0.388 e. The van der Waals surface area contributed by atoms with Gasteiger partial charge in [-0.3, -0.25) is 4.79 Å². The lowest BCUT2D eigenvalue weighted by Gasteiger charge is -2.11. The van der Waals surface area contributed by atoms with Gasteiger partial charge in [-0.25, -0.2) is 4.39 Å². The zero-order valence-electron chi connectivity index (χ0n) is 10.0. The van der Waals surface area contributed by atoms with Crippen LogP contribution < -0.4 is 0 Å². The minimum atomic E-state index is -0.966. The van der Waals surface area contributed by atoms with E-state index in [1.807, 2.05) is 0 Å². The predicted octanol–water partition coefficient (Wildman–Crippen LogP) is 3.79. The molecule has 98 valence electrons. The van der Waals surface area contributed by atoms with Crippen LogP contribution in [0.15, 0.2) is 48.5 Å². The summed E-state index contributed by atoms with van der Waals surface area (Å²) in [6.07, 6.45) is -1.05. The van der Waals surface area contributed by atoms with Crippen LogP contribution in [0.25, 0.3) is 0 Å². The molecule has 1 N–H and O–H groups in total. The fourth-order valence-electron chi connectivity index (χ4n) is 1.78. The summed E-state index contributed by atoms with van der Waals surface area (Å²) >= 11 is 5.95. The number of hydrogen-bond acceptors (Lipinski definition) is 2. The van der Waals surface area contributed by atoms with Crippen LogP contribution in [-0.2, 0) is 0 Å². The van der Waals surface area contributed by atoms with Crippen molar-refractivity contribution < 1.29 is 14.3 Å². The highest BCUT2D eigenvalue weighted by Gasteiger charge is 2.16. The second-order valence-electron chi connectivity index (χ2n) is 4.17. The Hall–Kier alpha value is -1.71. The van der Waals surface area contributed by atoms with Crippen LogP contribution in [0, 0.1) is 5.82 Å². The summed E-state index contributed by atoms with van der Waals surface area (Å²) in [5, 5.41) is 10.4. The maximum absolute atomic E-state index is 12.8. The second-order valence-corrected chi connectivity index (χ2v) is 4.58. The molecule has 0 aromatic heterocycles. The maximum Gasteiger partial charge on any atom is 0.165 e. The van der Waals surface area contributed by atoms with E-state index in [4.69, 9.17) is 11.6 Å². The van der Waals surface area contributed by atoms with Gasteiger partial charge in [-0.2, -0.15) is 0 Å². The largest absolute Gasteiger partial charge is 0.388 e. The molecule has 19 heavy (non-hydrogen) atoms. The smallest absolute Gasteiger partial charge is 0.165 e. The summed E-state index contributed by atoms with van der Waals surface area (Å²) in [6.45, 7) is 0. The van der Waals surface area contributed by atoms with Crippen molar-refractivity contribution in [2.75, 3.05) is 0 Å². The highest BCUT2D eigenvalue weighted by Crippen LogP contribution is 2.26. The van der Waals surface area contributed by atoms with E-state index >= 15 is 0 Å². The SMILES string of the molecule is O=C(CC(O)c1ccccc1Cl)c1ccc(F)cc1. The molecule has 0 fully saturated rings. The lowest BCUT2D eigenvalue weighted by molar-refractivity contribution is 0.0880. The standard InChI is InChI=1S/C15H12ClFO2/c16-13-4-2-1-3-12(13)15(19)9-14(18)10-5-7-11(17)8-6-10/h1-8,15,19H,9H2. The molecule has 2 nitrogen and oxygen atoms in total.